The second-order valence-corrected chi connectivity index (χ2v) is 7.08. The van der Waals surface area contributed by atoms with Gasteiger partial charge in [0.05, 0.1) is 0 Å². The molecule has 0 radical (unpaired) electrons. The minimum Gasteiger partial charge on any atom is -0.0625 e. The molecule has 0 bridgehead atoms. The van der Waals surface area contributed by atoms with Crippen molar-refractivity contribution >= 4 is 0 Å². The maximum absolute atomic E-state index is 2.43. The van der Waals surface area contributed by atoms with Gasteiger partial charge in [0, 0.05) is 0 Å². The molecule has 0 aliphatic rings. The van der Waals surface area contributed by atoms with Crippen molar-refractivity contribution in [3.05, 3.63) is 0 Å². The Morgan fingerprint density at radius 2 is 1.07 bits per heavy atom. The van der Waals surface area contributed by atoms with Crippen LogP contribution in [0.5, 0.6) is 0 Å². The summed E-state index contributed by atoms with van der Waals surface area (Å²) in [6.45, 7) is 21.5. The Bertz CT molecular complexity index is 171. The van der Waals surface area contributed by atoms with E-state index in [4.69, 9.17) is 0 Å². The van der Waals surface area contributed by atoms with E-state index in [9.17, 15) is 0 Å². The van der Waals surface area contributed by atoms with Gasteiger partial charge in [-0.15, -0.1) is 0 Å². The van der Waals surface area contributed by atoms with Crippen molar-refractivity contribution in [2.75, 3.05) is 0 Å². The third-order valence-electron chi connectivity index (χ3n) is 4.37. The van der Waals surface area contributed by atoms with Gasteiger partial charge in [-0.3, -0.25) is 0 Å². The Morgan fingerprint density at radius 3 is 1.27 bits per heavy atom. The van der Waals surface area contributed by atoms with Gasteiger partial charge in [0.2, 0.25) is 0 Å². The molecule has 0 aromatic rings. The maximum atomic E-state index is 2.43. The summed E-state index contributed by atoms with van der Waals surface area (Å²) in [4.78, 5) is 0. The molecule has 0 amide bonds. The minimum atomic E-state index is 0.429. The van der Waals surface area contributed by atoms with Gasteiger partial charge in [0.15, 0.2) is 0 Å². The Kier molecular flexibility index (Phi) is 5.37. The molecule has 3 unspecified atom stereocenters. The first-order valence-electron chi connectivity index (χ1n) is 6.59. The van der Waals surface area contributed by atoms with Crippen LogP contribution >= 0.6 is 0 Å². The Morgan fingerprint density at radius 1 is 0.667 bits per heavy atom. The van der Waals surface area contributed by atoms with Crippen LogP contribution in [0.4, 0.5) is 0 Å². The van der Waals surface area contributed by atoms with E-state index in [1.54, 1.807) is 0 Å². The first kappa shape index (κ1) is 15.0. The van der Waals surface area contributed by atoms with Crippen LogP contribution in [-0.2, 0) is 0 Å². The lowest BCUT2D eigenvalue weighted by Gasteiger charge is -2.41. The first-order valence-corrected chi connectivity index (χ1v) is 6.59. The molecule has 15 heavy (non-hydrogen) atoms. The molecule has 0 rings (SSSR count). The third kappa shape index (κ3) is 4.17. The van der Waals surface area contributed by atoms with E-state index in [0.717, 1.165) is 29.6 Å². The van der Waals surface area contributed by atoms with E-state index < -0.39 is 0 Å². The van der Waals surface area contributed by atoms with Gasteiger partial charge in [0.1, 0.15) is 0 Å². The average molecular weight is 212 g/mol. The zero-order valence-electron chi connectivity index (χ0n) is 12.4. The second-order valence-electron chi connectivity index (χ2n) is 7.08. The van der Waals surface area contributed by atoms with E-state index >= 15 is 0 Å². The Balaban J connectivity index is 4.82. The molecule has 0 heteroatoms. The highest BCUT2D eigenvalue weighted by molar-refractivity contribution is 4.83. The highest BCUT2D eigenvalue weighted by atomic mass is 14.4. The lowest BCUT2D eigenvalue weighted by atomic mass is 9.64. The molecule has 0 spiro atoms. The largest absolute Gasteiger partial charge is 0.0625 e. The molecule has 0 fully saturated rings. The van der Waals surface area contributed by atoms with Crippen molar-refractivity contribution in [2.24, 2.45) is 35.0 Å². The van der Waals surface area contributed by atoms with Gasteiger partial charge in [-0.2, -0.15) is 0 Å². The molecule has 0 aromatic heterocycles. The van der Waals surface area contributed by atoms with Crippen molar-refractivity contribution < 1.29 is 0 Å². The fourth-order valence-electron chi connectivity index (χ4n) is 2.66. The molecule has 0 aliphatic carbocycles. The van der Waals surface area contributed by atoms with Crippen molar-refractivity contribution in [3.63, 3.8) is 0 Å². The quantitative estimate of drug-likeness (QED) is 0.598. The third-order valence-corrected chi connectivity index (χ3v) is 4.37. The summed E-state index contributed by atoms with van der Waals surface area (Å²) in [5.74, 6) is 4.03. The Labute approximate surface area is 97.8 Å². The van der Waals surface area contributed by atoms with Crippen molar-refractivity contribution in [2.45, 2.75) is 62.3 Å². The second kappa shape index (κ2) is 5.37. The lowest BCUT2D eigenvalue weighted by molar-refractivity contribution is 0.0734. The highest BCUT2D eigenvalue weighted by Crippen LogP contribution is 2.41. The van der Waals surface area contributed by atoms with Gasteiger partial charge >= 0.3 is 0 Å². The molecule has 0 heterocycles. The summed E-state index contributed by atoms with van der Waals surface area (Å²) < 4.78 is 0. The van der Waals surface area contributed by atoms with E-state index in [-0.39, 0.29) is 0 Å². The molecule has 0 saturated heterocycles. The number of hydrogen-bond acceptors (Lipinski definition) is 0. The van der Waals surface area contributed by atoms with Crippen LogP contribution in [0.3, 0.4) is 0 Å². The molecule has 0 aliphatic heterocycles. The lowest BCUT2D eigenvalue weighted by Crippen LogP contribution is -2.35. The molecular weight excluding hydrogens is 180 g/mol. The van der Waals surface area contributed by atoms with Crippen LogP contribution in [-0.4, -0.2) is 0 Å². The van der Waals surface area contributed by atoms with Crippen molar-refractivity contribution in [1.29, 1.82) is 0 Å². The topological polar surface area (TPSA) is 0 Å². The van der Waals surface area contributed by atoms with Gasteiger partial charge in [0.25, 0.3) is 0 Å². The normalized spacial score (nSPS) is 19.4. The van der Waals surface area contributed by atoms with Crippen molar-refractivity contribution in [3.8, 4) is 0 Å². The van der Waals surface area contributed by atoms with Crippen LogP contribution in [0.1, 0.15) is 62.3 Å². The summed E-state index contributed by atoms with van der Waals surface area (Å²) in [6.07, 6.45) is 0. The predicted octanol–water partition coefficient (Wildman–Crippen LogP) is 5.23. The Hall–Kier alpha value is 0. The van der Waals surface area contributed by atoms with Crippen molar-refractivity contribution in [1.82, 2.24) is 0 Å². The molecule has 0 aromatic carbocycles. The molecule has 0 N–H and O–H groups in total. The van der Waals surface area contributed by atoms with Gasteiger partial charge in [-0.1, -0.05) is 62.3 Å². The van der Waals surface area contributed by atoms with Crippen LogP contribution in [0.15, 0.2) is 0 Å². The molecule has 0 saturated carbocycles. The standard InChI is InChI=1S/C15H32/c1-10(2)12(5)14(11(3)4)13(6)15(7,8)9/h10-14H,1-9H3. The summed E-state index contributed by atoms with van der Waals surface area (Å²) in [7, 11) is 0. The summed E-state index contributed by atoms with van der Waals surface area (Å²) in [5, 5.41) is 0. The molecule has 3 atom stereocenters. The van der Waals surface area contributed by atoms with Gasteiger partial charge in [-0.25, -0.2) is 0 Å². The molecule has 92 valence electrons. The highest BCUT2D eigenvalue weighted by Gasteiger charge is 2.34. The maximum Gasteiger partial charge on any atom is -0.0332 e. The van der Waals surface area contributed by atoms with Crippen LogP contribution in [0.2, 0.25) is 0 Å². The zero-order valence-corrected chi connectivity index (χ0v) is 12.4. The number of hydrogen-bond donors (Lipinski definition) is 0. The van der Waals surface area contributed by atoms with Gasteiger partial charge in [-0.05, 0) is 35.0 Å². The first-order chi connectivity index (χ1) is 6.59. The van der Waals surface area contributed by atoms with E-state index in [1.807, 2.05) is 0 Å². The number of rotatable bonds is 4. The van der Waals surface area contributed by atoms with E-state index in [2.05, 4.69) is 62.3 Å². The smallest absolute Gasteiger partial charge is 0.0332 e. The molecular formula is C15H32. The van der Waals surface area contributed by atoms with Crippen LogP contribution in [0, 0.1) is 35.0 Å². The monoisotopic (exact) mass is 212 g/mol. The summed E-state index contributed by atoms with van der Waals surface area (Å²) in [5.41, 5.74) is 0.429. The predicted molar refractivity (Wildman–Crippen MR) is 70.9 cm³/mol. The average Bonchev–Trinajstić information content (AvgIpc) is 2.01. The minimum absolute atomic E-state index is 0.429. The van der Waals surface area contributed by atoms with E-state index in [0.29, 0.717) is 5.41 Å². The SMILES string of the molecule is CC(C)C(C)C(C(C)C)C(C)C(C)(C)C. The summed E-state index contributed by atoms with van der Waals surface area (Å²) >= 11 is 0. The fourth-order valence-corrected chi connectivity index (χ4v) is 2.66. The van der Waals surface area contributed by atoms with Gasteiger partial charge < -0.3 is 0 Å². The zero-order chi connectivity index (χ0) is 12.4. The fraction of sp³-hybridized carbons (Fsp3) is 1.00. The van der Waals surface area contributed by atoms with Crippen LogP contribution in [0.25, 0.3) is 0 Å². The summed E-state index contributed by atoms with van der Waals surface area (Å²) in [6, 6.07) is 0. The van der Waals surface area contributed by atoms with Crippen LogP contribution < -0.4 is 0 Å². The van der Waals surface area contributed by atoms with E-state index in [1.165, 1.54) is 0 Å². The molecule has 0 nitrogen and oxygen atoms in total.